The summed E-state index contributed by atoms with van der Waals surface area (Å²) in [6.07, 6.45) is 0. The topological polar surface area (TPSA) is 77.1 Å². The van der Waals surface area contributed by atoms with E-state index in [1.165, 1.54) is 18.1 Å². The van der Waals surface area contributed by atoms with Crippen LogP contribution >= 0.6 is 0 Å². The molecule has 1 aliphatic heterocycles. The van der Waals surface area contributed by atoms with Gasteiger partial charge < -0.3 is 19.5 Å². The molecule has 1 heterocycles. The summed E-state index contributed by atoms with van der Waals surface area (Å²) in [7, 11) is 2.97. The average Bonchev–Trinajstić information content (AvgIpc) is 2.92. The number of carbonyl (C=O) groups excluding carboxylic acids is 2. The van der Waals surface area contributed by atoms with Crippen LogP contribution in [0.5, 0.6) is 17.2 Å². The van der Waals surface area contributed by atoms with E-state index in [1.807, 2.05) is 30.3 Å². The van der Waals surface area contributed by atoms with Crippen LogP contribution in [0.1, 0.15) is 24.2 Å². The van der Waals surface area contributed by atoms with Gasteiger partial charge in [-0.2, -0.15) is 0 Å². The van der Waals surface area contributed by atoms with Crippen molar-refractivity contribution in [3.8, 4) is 17.2 Å². The molecule has 0 spiro atoms. The highest BCUT2D eigenvalue weighted by Crippen LogP contribution is 2.37. The van der Waals surface area contributed by atoms with E-state index in [-0.39, 0.29) is 41.3 Å². The van der Waals surface area contributed by atoms with Crippen LogP contribution in [-0.2, 0) is 11.4 Å². The van der Waals surface area contributed by atoms with Crippen molar-refractivity contribution in [2.75, 3.05) is 24.4 Å². The van der Waals surface area contributed by atoms with Crippen molar-refractivity contribution in [1.82, 2.24) is 0 Å². The lowest BCUT2D eigenvalue weighted by Gasteiger charge is -2.26. The van der Waals surface area contributed by atoms with Crippen LogP contribution in [0.3, 0.4) is 0 Å². The molecule has 0 saturated carbocycles. The molecule has 32 heavy (non-hydrogen) atoms. The molecule has 3 aromatic carbocycles. The van der Waals surface area contributed by atoms with Crippen LogP contribution in [0.2, 0.25) is 0 Å². The van der Waals surface area contributed by atoms with Crippen LogP contribution in [0.15, 0.2) is 66.7 Å². The maximum atomic E-state index is 13.6. The van der Waals surface area contributed by atoms with Gasteiger partial charge in [-0.1, -0.05) is 30.3 Å². The van der Waals surface area contributed by atoms with Gasteiger partial charge in [-0.3, -0.25) is 14.5 Å². The Labute approximate surface area is 187 Å². The summed E-state index contributed by atoms with van der Waals surface area (Å²) in [4.78, 5) is 27.9. The van der Waals surface area contributed by atoms with Crippen LogP contribution in [0, 0.1) is 0 Å². The number of hydrogen-bond acceptors (Lipinski definition) is 5. The lowest BCUT2D eigenvalue weighted by molar-refractivity contribution is -0.117. The second-order valence-corrected chi connectivity index (χ2v) is 7.27. The largest absolute Gasteiger partial charge is 0.497 e. The Morgan fingerprint density at radius 1 is 1.00 bits per heavy atom. The van der Waals surface area contributed by atoms with Gasteiger partial charge in [-0.15, -0.1) is 0 Å². The number of anilines is 2. The predicted molar refractivity (Wildman–Crippen MR) is 122 cm³/mol. The third kappa shape index (κ3) is 4.09. The molecule has 1 N–H and O–H groups in total. The Balaban J connectivity index is 1.76. The minimum absolute atomic E-state index is 0.0347. The normalized spacial score (nSPS) is 15.9. The van der Waals surface area contributed by atoms with E-state index in [0.717, 1.165) is 5.56 Å². The van der Waals surface area contributed by atoms with E-state index in [2.05, 4.69) is 5.32 Å². The van der Waals surface area contributed by atoms with Crippen LogP contribution in [-0.4, -0.2) is 32.1 Å². The SMILES string of the molecule is [2H]c1c(OC)c(OCc2ccccc2)cc2c1C(=O)N(c1ccc(OC)cc1)C(C)C(=O)N2. The number of fused-ring (bicyclic) bond motifs is 1. The van der Waals surface area contributed by atoms with Gasteiger partial charge >= 0.3 is 0 Å². The molecule has 7 heteroatoms. The van der Waals surface area contributed by atoms with Crippen molar-refractivity contribution >= 4 is 23.2 Å². The molecule has 164 valence electrons. The minimum Gasteiger partial charge on any atom is -0.497 e. The van der Waals surface area contributed by atoms with E-state index in [4.69, 9.17) is 15.6 Å². The minimum atomic E-state index is -0.808. The molecule has 3 aromatic rings. The van der Waals surface area contributed by atoms with Crippen LogP contribution in [0.4, 0.5) is 11.4 Å². The molecule has 0 saturated heterocycles. The summed E-state index contributed by atoms with van der Waals surface area (Å²) in [6, 6.07) is 16.9. The van der Waals surface area contributed by atoms with Gasteiger partial charge in [0.25, 0.3) is 5.91 Å². The fraction of sp³-hybridized carbons (Fsp3) is 0.200. The number of ether oxygens (including phenoxy) is 3. The Morgan fingerprint density at radius 2 is 1.72 bits per heavy atom. The molecular weight excluding hydrogens is 408 g/mol. The lowest BCUT2D eigenvalue weighted by Crippen LogP contribution is -2.43. The Bertz CT molecular complexity index is 1180. The first kappa shape index (κ1) is 19.9. The fourth-order valence-corrected chi connectivity index (χ4v) is 3.51. The zero-order valence-corrected chi connectivity index (χ0v) is 18.0. The summed E-state index contributed by atoms with van der Waals surface area (Å²) < 4.78 is 25.2. The summed E-state index contributed by atoms with van der Waals surface area (Å²) in [5, 5.41) is 2.77. The maximum absolute atomic E-state index is 13.6. The number of carbonyl (C=O) groups is 2. The predicted octanol–water partition coefficient (Wildman–Crippen LogP) is 4.27. The van der Waals surface area contributed by atoms with E-state index in [0.29, 0.717) is 11.4 Å². The Morgan fingerprint density at radius 3 is 2.38 bits per heavy atom. The second-order valence-electron chi connectivity index (χ2n) is 7.27. The van der Waals surface area contributed by atoms with E-state index < -0.39 is 11.9 Å². The summed E-state index contributed by atoms with van der Waals surface area (Å²) in [5.74, 6) is 0.150. The van der Waals surface area contributed by atoms with E-state index in [9.17, 15) is 9.59 Å². The van der Waals surface area contributed by atoms with Gasteiger partial charge in [0, 0.05) is 11.8 Å². The van der Waals surface area contributed by atoms with Gasteiger partial charge in [-0.05, 0) is 42.8 Å². The fourth-order valence-electron chi connectivity index (χ4n) is 3.51. The zero-order chi connectivity index (χ0) is 23.5. The second kappa shape index (κ2) is 9.01. The molecule has 7 nitrogen and oxygen atoms in total. The summed E-state index contributed by atoms with van der Waals surface area (Å²) in [6.45, 7) is 1.88. The monoisotopic (exact) mass is 433 g/mol. The first-order chi connectivity index (χ1) is 15.9. The van der Waals surface area contributed by atoms with E-state index in [1.54, 1.807) is 38.3 Å². The van der Waals surface area contributed by atoms with Crippen molar-refractivity contribution in [2.45, 2.75) is 19.6 Å². The van der Waals surface area contributed by atoms with Gasteiger partial charge in [0.1, 0.15) is 18.4 Å². The number of methoxy groups -OCH3 is 2. The summed E-state index contributed by atoms with van der Waals surface area (Å²) >= 11 is 0. The van der Waals surface area contributed by atoms with Gasteiger partial charge in [0.2, 0.25) is 5.91 Å². The van der Waals surface area contributed by atoms with Crippen molar-refractivity contribution in [3.05, 3.63) is 77.8 Å². The number of hydrogen-bond donors (Lipinski definition) is 1. The highest BCUT2D eigenvalue weighted by molar-refractivity contribution is 6.18. The number of nitrogens with one attached hydrogen (secondary N) is 1. The molecule has 4 rings (SSSR count). The number of benzene rings is 3. The zero-order valence-electron chi connectivity index (χ0n) is 19.0. The number of nitrogens with zero attached hydrogens (tertiary/aromatic N) is 1. The third-order valence-corrected chi connectivity index (χ3v) is 5.26. The standard InChI is InChI=1S/C25H24N2O5/c1-16-24(28)26-21-14-23(32-15-17-7-5-4-6-8-17)22(31-3)13-20(21)25(29)27(16)18-9-11-19(30-2)12-10-18/h4-14,16H,15H2,1-3H3,(H,26,28)/i13D. The Kier molecular flexibility index (Phi) is 5.61. The molecule has 1 atom stereocenters. The molecule has 2 amide bonds. The number of rotatable bonds is 6. The van der Waals surface area contributed by atoms with Crippen molar-refractivity contribution in [2.24, 2.45) is 0 Å². The molecular formula is C25H24N2O5. The first-order valence-corrected chi connectivity index (χ1v) is 10.1. The Hall–Kier alpha value is -4.00. The van der Waals surface area contributed by atoms with Crippen molar-refractivity contribution < 1.29 is 25.2 Å². The molecule has 0 aliphatic carbocycles. The summed E-state index contributed by atoms with van der Waals surface area (Å²) in [5.41, 5.74) is 1.69. The molecule has 0 radical (unpaired) electrons. The smallest absolute Gasteiger partial charge is 0.261 e. The molecule has 1 unspecified atom stereocenters. The molecule has 1 aliphatic rings. The van der Waals surface area contributed by atoms with Gasteiger partial charge in [-0.25, -0.2) is 0 Å². The first-order valence-electron chi connectivity index (χ1n) is 10.6. The quantitative estimate of drug-likeness (QED) is 0.628. The van der Waals surface area contributed by atoms with Gasteiger partial charge in [0.05, 0.1) is 26.8 Å². The third-order valence-electron chi connectivity index (χ3n) is 5.26. The highest BCUT2D eigenvalue weighted by atomic mass is 16.5. The van der Waals surface area contributed by atoms with Crippen molar-refractivity contribution in [3.63, 3.8) is 0 Å². The number of amides is 2. The van der Waals surface area contributed by atoms with Gasteiger partial charge in [0.15, 0.2) is 11.5 Å². The average molecular weight is 433 g/mol. The molecule has 0 bridgehead atoms. The van der Waals surface area contributed by atoms with Crippen LogP contribution in [0.25, 0.3) is 0 Å². The lowest BCUT2D eigenvalue weighted by atomic mass is 10.1. The maximum Gasteiger partial charge on any atom is 0.261 e. The van der Waals surface area contributed by atoms with Crippen molar-refractivity contribution in [1.29, 1.82) is 0 Å². The molecule has 0 aromatic heterocycles. The highest BCUT2D eigenvalue weighted by Gasteiger charge is 2.34. The van der Waals surface area contributed by atoms with E-state index >= 15 is 0 Å². The van der Waals surface area contributed by atoms with Crippen LogP contribution < -0.4 is 24.4 Å². The molecule has 0 fully saturated rings.